The Morgan fingerprint density at radius 3 is 2.45 bits per heavy atom. The van der Waals surface area contributed by atoms with Gasteiger partial charge in [0.25, 0.3) is 0 Å². The van der Waals surface area contributed by atoms with Gasteiger partial charge in [0.1, 0.15) is 11.7 Å². The zero-order valence-electron chi connectivity index (χ0n) is 22.0. The van der Waals surface area contributed by atoms with Crippen molar-refractivity contribution in [1.82, 2.24) is 15.5 Å². The molecule has 12 heteroatoms. The average Bonchev–Trinajstić information content (AvgIpc) is 3.71. The molecular formula is C28H32F6N6. The largest absolute Gasteiger partial charge is 0.416 e. The van der Waals surface area contributed by atoms with E-state index < -0.39 is 29.5 Å². The first-order chi connectivity index (χ1) is 19.0. The Bertz CT molecular complexity index is 1230. The Balaban J connectivity index is 1.64. The second-order valence-corrected chi connectivity index (χ2v) is 10.0. The van der Waals surface area contributed by atoms with Crippen LogP contribution < -0.4 is 16.4 Å². The molecule has 2 heterocycles. The molecule has 1 aromatic carbocycles. The van der Waals surface area contributed by atoms with Crippen molar-refractivity contribution in [2.24, 2.45) is 21.6 Å². The Hall–Kier alpha value is -3.54. The number of halogens is 6. The molecule has 0 radical (unpaired) electrons. The maximum Gasteiger partial charge on any atom is 0.416 e. The highest BCUT2D eigenvalue weighted by atomic mass is 19.4. The third-order valence-electron chi connectivity index (χ3n) is 6.64. The summed E-state index contributed by atoms with van der Waals surface area (Å²) in [6.45, 7) is 4.29. The lowest BCUT2D eigenvalue weighted by Crippen LogP contribution is -2.41. The van der Waals surface area contributed by atoms with Gasteiger partial charge in [-0.05, 0) is 86.1 Å². The van der Waals surface area contributed by atoms with Gasteiger partial charge in [0.2, 0.25) is 0 Å². The number of amidine groups is 2. The summed E-state index contributed by atoms with van der Waals surface area (Å²) >= 11 is 0. The highest BCUT2D eigenvalue weighted by molar-refractivity contribution is 6.03. The number of nitrogens with zero attached hydrogens (tertiary/aromatic N) is 3. The first-order valence-electron chi connectivity index (χ1n) is 13.1. The molecule has 4 N–H and O–H groups in total. The van der Waals surface area contributed by atoms with Crippen LogP contribution in [0.2, 0.25) is 0 Å². The fraction of sp³-hybridized carbons (Fsp3) is 0.429. The topological polar surface area (TPSA) is 78.0 Å². The zero-order valence-corrected chi connectivity index (χ0v) is 22.0. The zero-order chi connectivity index (χ0) is 28.9. The number of benzene rings is 1. The molecule has 0 spiro atoms. The van der Waals surface area contributed by atoms with Gasteiger partial charge in [0.15, 0.2) is 0 Å². The molecule has 1 aromatic rings. The first-order valence-corrected chi connectivity index (χ1v) is 13.1. The minimum atomic E-state index is -4.57. The Morgan fingerprint density at radius 2 is 1.85 bits per heavy atom. The van der Waals surface area contributed by atoms with Crippen LogP contribution in [0.15, 0.2) is 81.7 Å². The van der Waals surface area contributed by atoms with Gasteiger partial charge in [-0.2, -0.15) is 26.3 Å². The average molecular weight is 567 g/mol. The fourth-order valence-electron chi connectivity index (χ4n) is 4.60. The minimum Gasteiger partial charge on any atom is -0.404 e. The molecule has 1 fully saturated rings. The van der Waals surface area contributed by atoms with Crippen LogP contribution in [0.4, 0.5) is 32.0 Å². The molecule has 0 saturated heterocycles. The second-order valence-electron chi connectivity index (χ2n) is 10.0. The van der Waals surface area contributed by atoms with Crippen LogP contribution in [0, 0.1) is 5.92 Å². The van der Waals surface area contributed by atoms with E-state index in [0.717, 1.165) is 43.9 Å². The van der Waals surface area contributed by atoms with E-state index in [9.17, 15) is 26.3 Å². The minimum absolute atomic E-state index is 0.117. The number of aliphatic imine (C=N–C) groups is 2. The maximum absolute atomic E-state index is 13.7. The smallest absolute Gasteiger partial charge is 0.404 e. The molecule has 216 valence electrons. The van der Waals surface area contributed by atoms with E-state index >= 15 is 0 Å². The number of hydrogen-bond acceptors (Lipinski definition) is 5. The quantitative estimate of drug-likeness (QED) is 0.323. The van der Waals surface area contributed by atoms with Gasteiger partial charge < -0.3 is 16.4 Å². The predicted octanol–water partition coefficient (Wildman–Crippen LogP) is 5.95. The van der Waals surface area contributed by atoms with Crippen LogP contribution in [0.25, 0.3) is 0 Å². The third kappa shape index (κ3) is 8.00. The molecule has 4 rings (SSSR count). The van der Waals surface area contributed by atoms with E-state index in [-0.39, 0.29) is 17.7 Å². The molecule has 1 atom stereocenters. The Labute approximate surface area is 229 Å². The first kappa shape index (κ1) is 29.4. The van der Waals surface area contributed by atoms with E-state index in [1.807, 2.05) is 0 Å². The van der Waals surface area contributed by atoms with Crippen molar-refractivity contribution in [3.05, 3.63) is 77.3 Å². The van der Waals surface area contributed by atoms with Crippen LogP contribution in [0.1, 0.15) is 38.2 Å². The van der Waals surface area contributed by atoms with E-state index in [1.165, 1.54) is 37.3 Å². The molecule has 1 unspecified atom stereocenters. The van der Waals surface area contributed by atoms with E-state index in [2.05, 4.69) is 32.4 Å². The summed E-state index contributed by atoms with van der Waals surface area (Å²) in [6.07, 6.45) is 0.726. The molecule has 0 aromatic heterocycles. The third-order valence-corrected chi connectivity index (χ3v) is 6.64. The van der Waals surface area contributed by atoms with Crippen molar-refractivity contribution in [2.45, 2.75) is 51.0 Å². The van der Waals surface area contributed by atoms with Crippen LogP contribution in [-0.2, 0) is 6.18 Å². The molecule has 3 aliphatic rings. The van der Waals surface area contributed by atoms with Crippen molar-refractivity contribution < 1.29 is 26.3 Å². The van der Waals surface area contributed by atoms with Gasteiger partial charge in [0, 0.05) is 18.7 Å². The molecule has 6 nitrogen and oxygen atoms in total. The van der Waals surface area contributed by atoms with Crippen molar-refractivity contribution in [2.75, 3.05) is 19.6 Å². The lowest BCUT2D eigenvalue weighted by molar-refractivity contribution is -0.137. The van der Waals surface area contributed by atoms with Crippen molar-refractivity contribution in [3.63, 3.8) is 0 Å². The van der Waals surface area contributed by atoms with Gasteiger partial charge in [-0.15, -0.1) is 0 Å². The summed E-state index contributed by atoms with van der Waals surface area (Å²) in [6, 6.07) is 3.20. The number of dihydropyridines is 1. The lowest BCUT2D eigenvalue weighted by atomic mass is 9.95. The van der Waals surface area contributed by atoms with Gasteiger partial charge >= 0.3 is 12.4 Å². The van der Waals surface area contributed by atoms with Crippen LogP contribution in [0.3, 0.4) is 0 Å². The number of rotatable bonds is 9. The van der Waals surface area contributed by atoms with Crippen molar-refractivity contribution in [1.29, 1.82) is 0 Å². The number of nitrogens with two attached hydrogens (primary N) is 1. The summed E-state index contributed by atoms with van der Waals surface area (Å²) in [7, 11) is 0. The summed E-state index contributed by atoms with van der Waals surface area (Å²) in [5.74, 6) is 1.51. The number of hydrogen-bond donors (Lipinski definition) is 3. The molecule has 1 saturated carbocycles. The molecule has 2 aliphatic heterocycles. The number of alkyl halides is 6. The monoisotopic (exact) mass is 566 g/mol. The Morgan fingerprint density at radius 1 is 1.12 bits per heavy atom. The highest BCUT2D eigenvalue weighted by Gasteiger charge is 2.40. The molecule has 1 aliphatic carbocycles. The van der Waals surface area contributed by atoms with Gasteiger partial charge in [-0.25, -0.2) is 9.98 Å². The van der Waals surface area contributed by atoms with E-state index in [1.54, 1.807) is 6.08 Å². The van der Waals surface area contributed by atoms with Crippen LogP contribution in [-0.4, -0.2) is 48.4 Å². The normalized spacial score (nSPS) is 22.3. The predicted molar refractivity (Wildman–Crippen MR) is 144 cm³/mol. The Kier molecular flexibility index (Phi) is 9.07. The van der Waals surface area contributed by atoms with Gasteiger partial charge in [0.05, 0.1) is 29.4 Å². The number of nitrogens with one attached hydrogen (secondary N) is 2. The second kappa shape index (κ2) is 12.3. The SMILES string of the molecule is CCCN(CC1=NC(=Nc2ccc(C(F)(F)F)cc2)C/C(=C\C(=C/N)C2NC=CC=C2C(F)(F)F)N1)CC1CC1. The molecule has 0 bridgehead atoms. The van der Waals surface area contributed by atoms with Crippen LogP contribution >= 0.6 is 0 Å². The highest BCUT2D eigenvalue weighted by Crippen LogP contribution is 2.34. The fourth-order valence-corrected chi connectivity index (χ4v) is 4.60. The molecular weight excluding hydrogens is 534 g/mol. The summed E-state index contributed by atoms with van der Waals surface area (Å²) in [5, 5.41) is 5.96. The maximum atomic E-state index is 13.7. The van der Waals surface area contributed by atoms with Gasteiger partial charge in [-0.3, -0.25) is 4.90 Å². The standard InChI is InChI=1S/C28H32F6N6/c1-2-12-40(16-18-5-6-18)17-25-38-22(13-19(15-35)26-23(28(32,33)34)4-3-11-36-26)14-24(39-25)37-21-9-7-20(8-10-21)27(29,30)31/h3-4,7-11,13,15,18,26,36H,2,5-6,12,14,16-17,35H2,1H3,(H,37,38,39)/b19-15+,22-13+. The summed E-state index contributed by atoms with van der Waals surface area (Å²) < 4.78 is 80.1. The number of allylic oxidation sites excluding steroid dienone is 2. The van der Waals surface area contributed by atoms with Gasteiger partial charge in [-0.1, -0.05) is 13.0 Å². The summed E-state index contributed by atoms with van der Waals surface area (Å²) in [5.41, 5.74) is 5.21. The van der Waals surface area contributed by atoms with Crippen molar-refractivity contribution in [3.8, 4) is 0 Å². The molecule has 40 heavy (non-hydrogen) atoms. The van der Waals surface area contributed by atoms with E-state index in [4.69, 9.17) is 5.73 Å². The van der Waals surface area contributed by atoms with Crippen molar-refractivity contribution >= 4 is 17.4 Å². The van der Waals surface area contributed by atoms with E-state index in [0.29, 0.717) is 29.8 Å². The lowest BCUT2D eigenvalue weighted by Gasteiger charge is -2.28. The molecule has 0 amide bonds. The van der Waals surface area contributed by atoms with Crippen LogP contribution in [0.5, 0.6) is 0 Å². The summed E-state index contributed by atoms with van der Waals surface area (Å²) in [4.78, 5) is 11.4.